The molecule has 0 radical (unpaired) electrons. The van der Waals surface area contributed by atoms with E-state index >= 15 is 0 Å². The molecule has 1 aromatic rings. The van der Waals surface area contributed by atoms with Crippen LogP contribution in [0.4, 0.5) is 0 Å². The summed E-state index contributed by atoms with van der Waals surface area (Å²) < 4.78 is 10.4. The van der Waals surface area contributed by atoms with E-state index in [1.807, 2.05) is 0 Å². The maximum atomic E-state index is 12.3. The second-order valence-electron chi connectivity index (χ2n) is 4.32. The normalized spacial score (nSPS) is 11.9. The van der Waals surface area contributed by atoms with Gasteiger partial charge in [0.05, 0.1) is 29.8 Å². The first-order valence-corrected chi connectivity index (χ1v) is 7.57. The maximum absolute atomic E-state index is 12.3. The van der Waals surface area contributed by atoms with Gasteiger partial charge >= 0.3 is 0 Å². The number of ether oxygens (including phenoxy) is 2. The fourth-order valence-corrected chi connectivity index (χ4v) is 3.03. The van der Waals surface area contributed by atoms with Crippen LogP contribution in [-0.2, 0) is 0 Å². The molecule has 0 bridgehead atoms. The molecule has 6 heteroatoms. The Labute approximate surface area is 125 Å². The van der Waals surface area contributed by atoms with Crippen LogP contribution in [0.25, 0.3) is 0 Å². The summed E-state index contributed by atoms with van der Waals surface area (Å²) in [6, 6.07) is 1.51. The van der Waals surface area contributed by atoms with Gasteiger partial charge in [0.1, 0.15) is 11.5 Å². The van der Waals surface area contributed by atoms with Crippen LogP contribution in [0, 0.1) is 5.92 Å². The average molecular weight is 322 g/mol. The summed E-state index contributed by atoms with van der Waals surface area (Å²) in [4.78, 5) is 0. The van der Waals surface area contributed by atoms with Gasteiger partial charge in [0.2, 0.25) is 0 Å². The Bertz CT molecular complexity index is 459. The Morgan fingerprint density at radius 1 is 1.21 bits per heavy atom. The van der Waals surface area contributed by atoms with Crippen molar-refractivity contribution in [3.8, 4) is 11.5 Å². The first-order chi connectivity index (χ1) is 8.92. The molecule has 0 aromatic heterocycles. The van der Waals surface area contributed by atoms with E-state index in [9.17, 15) is 5.11 Å². The Balaban J connectivity index is 3.41. The van der Waals surface area contributed by atoms with E-state index in [0.29, 0.717) is 41.2 Å². The number of hydrogen-bond acceptors (Lipinski definition) is 3. The van der Waals surface area contributed by atoms with E-state index in [1.165, 1.54) is 20.3 Å². The monoisotopic (exact) mass is 321 g/mol. The predicted molar refractivity (Wildman–Crippen MR) is 80.3 cm³/mol. The van der Waals surface area contributed by atoms with Gasteiger partial charge in [-0.05, 0) is 18.1 Å². The van der Waals surface area contributed by atoms with E-state index in [1.54, 1.807) is 0 Å². The zero-order valence-electron chi connectivity index (χ0n) is 11.3. The van der Waals surface area contributed by atoms with Crippen LogP contribution in [0.1, 0.15) is 19.4 Å². The first kappa shape index (κ1) is 16.6. The summed E-state index contributed by atoms with van der Waals surface area (Å²) >= 11 is 12.1. The predicted octanol–water partition coefficient (Wildman–Crippen LogP) is 3.45. The van der Waals surface area contributed by atoms with Gasteiger partial charge in [0, 0.05) is 0 Å². The molecule has 0 saturated carbocycles. The quantitative estimate of drug-likeness (QED) is 0.780. The molecule has 0 atom stereocenters. The minimum atomic E-state index is -0.105. The molecule has 1 rings (SSSR count). The Hall–Kier alpha value is -0.470. The van der Waals surface area contributed by atoms with E-state index in [0.717, 1.165) is 6.16 Å². The van der Waals surface area contributed by atoms with Crippen molar-refractivity contribution in [2.24, 2.45) is 5.92 Å². The van der Waals surface area contributed by atoms with Gasteiger partial charge in [-0.2, -0.15) is 0 Å². The van der Waals surface area contributed by atoms with Crippen LogP contribution in [0.15, 0.2) is 6.07 Å². The van der Waals surface area contributed by atoms with E-state index < -0.39 is 0 Å². The topological polar surface area (TPSA) is 41.5 Å². The number of methoxy groups -OCH3 is 2. The summed E-state index contributed by atoms with van der Waals surface area (Å²) in [5, 5.41) is 12.9. The molecule has 0 unspecified atom stereocenters. The molecule has 106 valence electrons. The van der Waals surface area contributed by atoms with Crippen LogP contribution < -0.4 is 14.6 Å². The highest BCUT2D eigenvalue weighted by molar-refractivity contribution is 7.40. The fourth-order valence-electron chi connectivity index (χ4n) is 1.52. The maximum Gasteiger partial charge on any atom is 0.147 e. The van der Waals surface area contributed by atoms with Crippen LogP contribution in [0.3, 0.4) is 0 Å². The molecule has 0 aliphatic carbocycles. The van der Waals surface area contributed by atoms with Crippen LogP contribution in [0.2, 0.25) is 10.0 Å². The molecule has 0 saturated heterocycles. The Morgan fingerprint density at radius 2 is 1.68 bits per heavy atom. The molecule has 0 N–H and O–H groups in total. The first-order valence-electron chi connectivity index (χ1n) is 5.74. The van der Waals surface area contributed by atoms with Gasteiger partial charge < -0.3 is 14.6 Å². The second-order valence-corrected chi connectivity index (χ2v) is 6.22. The zero-order valence-corrected chi connectivity index (χ0v) is 13.7. The highest BCUT2D eigenvalue weighted by atomic mass is 35.5. The highest BCUT2D eigenvalue weighted by Crippen LogP contribution is 2.41. The molecular formula is C13H16Cl2O3P-. The standard InChI is InChI=1S/C13H17Cl2O3P/c1-7(2)6-19-13(16)10-11(17-3)8(14)5-9(15)12(10)18-4/h5,7,16H,6H2,1-4H3/p-1. The van der Waals surface area contributed by atoms with Crippen molar-refractivity contribution in [2.45, 2.75) is 13.8 Å². The lowest BCUT2D eigenvalue weighted by molar-refractivity contribution is -0.207. The summed E-state index contributed by atoms with van der Waals surface area (Å²) in [6.07, 6.45) is 0.759. The number of benzene rings is 1. The van der Waals surface area contributed by atoms with Crippen molar-refractivity contribution >= 4 is 36.9 Å². The van der Waals surface area contributed by atoms with Gasteiger partial charge in [0.15, 0.2) is 0 Å². The molecule has 0 aliphatic rings. The Kier molecular flexibility index (Phi) is 6.41. The molecule has 1 aromatic carbocycles. The number of rotatable bonds is 5. The van der Waals surface area contributed by atoms with Gasteiger partial charge in [-0.3, -0.25) is 0 Å². The molecule has 19 heavy (non-hydrogen) atoms. The molecular weight excluding hydrogens is 306 g/mol. The van der Waals surface area contributed by atoms with Crippen molar-refractivity contribution in [3.63, 3.8) is 0 Å². The third-order valence-corrected chi connectivity index (χ3v) is 4.35. The fraction of sp³-hybridized carbons (Fsp3) is 0.462. The smallest absolute Gasteiger partial charge is 0.147 e. The van der Waals surface area contributed by atoms with Crippen molar-refractivity contribution in [2.75, 3.05) is 20.4 Å². The van der Waals surface area contributed by atoms with E-state index in [4.69, 9.17) is 32.7 Å². The minimum absolute atomic E-state index is 0.105. The number of hydrogen-bond donors (Lipinski definition) is 0. The third kappa shape index (κ3) is 4.00. The van der Waals surface area contributed by atoms with Crippen molar-refractivity contribution in [1.29, 1.82) is 0 Å². The summed E-state index contributed by atoms with van der Waals surface area (Å²) in [5.41, 5.74) is 0.205. The van der Waals surface area contributed by atoms with Crippen molar-refractivity contribution < 1.29 is 14.6 Å². The van der Waals surface area contributed by atoms with Crippen molar-refractivity contribution in [1.82, 2.24) is 0 Å². The van der Waals surface area contributed by atoms with Crippen LogP contribution >= 0.6 is 31.4 Å². The summed E-state index contributed by atoms with van der Waals surface area (Å²) in [5.74, 6) is 1.05. The lowest BCUT2D eigenvalue weighted by atomic mass is 10.2. The molecule has 0 heterocycles. The lowest BCUT2D eigenvalue weighted by Gasteiger charge is -2.21. The second kappa shape index (κ2) is 7.35. The lowest BCUT2D eigenvalue weighted by Crippen LogP contribution is -2.19. The molecule has 0 fully saturated rings. The summed E-state index contributed by atoms with van der Waals surface area (Å²) in [6.45, 7) is 4.11. The molecule has 0 aliphatic heterocycles. The summed E-state index contributed by atoms with van der Waals surface area (Å²) in [7, 11) is 3.59. The van der Waals surface area contributed by atoms with Gasteiger partial charge in [-0.15, -0.1) is 13.7 Å². The average Bonchev–Trinajstić information content (AvgIpc) is 2.35. The number of halogens is 2. The minimum Gasteiger partial charge on any atom is -0.823 e. The van der Waals surface area contributed by atoms with Gasteiger partial charge in [-0.25, -0.2) is 0 Å². The Morgan fingerprint density at radius 3 is 2.05 bits per heavy atom. The van der Waals surface area contributed by atoms with Crippen LogP contribution in [0.5, 0.6) is 11.5 Å². The third-order valence-electron chi connectivity index (χ3n) is 2.36. The molecule has 3 nitrogen and oxygen atoms in total. The van der Waals surface area contributed by atoms with E-state index in [2.05, 4.69) is 13.8 Å². The zero-order chi connectivity index (χ0) is 14.6. The largest absolute Gasteiger partial charge is 0.823 e. The van der Waals surface area contributed by atoms with Gasteiger partial charge in [0.25, 0.3) is 0 Å². The SMILES string of the molecule is COc1c(Cl)cc(Cl)c(OC)c1C([O-])=PCC(C)C. The van der Waals surface area contributed by atoms with E-state index in [-0.39, 0.29) is 5.48 Å². The van der Waals surface area contributed by atoms with Crippen molar-refractivity contribution in [3.05, 3.63) is 21.7 Å². The molecule has 0 amide bonds. The van der Waals surface area contributed by atoms with Crippen LogP contribution in [-0.4, -0.2) is 25.9 Å². The van der Waals surface area contributed by atoms with Gasteiger partial charge in [-0.1, -0.05) is 37.0 Å². The molecule has 0 spiro atoms. The highest BCUT2D eigenvalue weighted by Gasteiger charge is 2.17.